The van der Waals surface area contributed by atoms with Gasteiger partial charge in [-0.1, -0.05) is 25.1 Å². The van der Waals surface area contributed by atoms with E-state index in [1.165, 1.54) is 12.1 Å². The van der Waals surface area contributed by atoms with Gasteiger partial charge in [0, 0.05) is 29.3 Å². The van der Waals surface area contributed by atoms with E-state index in [1.807, 2.05) is 19.9 Å². The van der Waals surface area contributed by atoms with Crippen molar-refractivity contribution in [2.75, 3.05) is 0 Å². The van der Waals surface area contributed by atoms with Crippen molar-refractivity contribution in [2.24, 2.45) is 0 Å². The summed E-state index contributed by atoms with van der Waals surface area (Å²) in [6.07, 6.45) is 0.834. The molecular formula is C24H33N3O4S. The molecule has 32 heavy (non-hydrogen) atoms. The molecular weight excluding hydrogens is 426 g/mol. The van der Waals surface area contributed by atoms with Gasteiger partial charge in [0.05, 0.1) is 4.90 Å². The third-order valence-electron chi connectivity index (χ3n) is 4.84. The topological polar surface area (TPSA) is 104 Å². The predicted octanol–water partition coefficient (Wildman–Crippen LogP) is 3.53. The molecule has 3 N–H and O–H groups in total. The monoisotopic (exact) mass is 459 g/mol. The molecule has 174 valence electrons. The van der Waals surface area contributed by atoms with Gasteiger partial charge >= 0.3 is 0 Å². The molecule has 0 radical (unpaired) electrons. The van der Waals surface area contributed by atoms with Crippen LogP contribution in [0.25, 0.3) is 0 Å². The van der Waals surface area contributed by atoms with Crippen molar-refractivity contribution in [3.05, 3.63) is 64.7 Å². The molecule has 8 heteroatoms. The van der Waals surface area contributed by atoms with E-state index in [0.717, 1.165) is 12.0 Å². The first-order valence-corrected chi connectivity index (χ1v) is 12.1. The van der Waals surface area contributed by atoms with Gasteiger partial charge in [-0.3, -0.25) is 9.59 Å². The minimum absolute atomic E-state index is 0.0342. The second kappa shape index (κ2) is 10.3. The summed E-state index contributed by atoms with van der Waals surface area (Å²) in [5.41, 5.74) is 1.60. The number of rotatable bonds is 8. The smallest absolute Gasteiger partial charge is 0.251 e. The fourth-order valence-corrected chi connectivity index (χ4v) is 4.43. The maximum Gasteiger partial charge on any atom is 0.251 e. The third-order valence-corrected chi connectivity index (χ3v) is 6.59. The van der Waals surface area contributed by atoms with Gasteiger partial charge < -0.3 is 10.6 Å². The summed E-state index contributed by atoms with van der Waals surface area (Å²) >= 11 is 0. The van der Waals surface area contributed by atoms with Crippen LogP contribution in [0.2, 0.25) is 0 Å². The predicted molar refractivity (Wildman–Crippen MR) is 126 cm³/mol. The number of hydrogen-bond donors (Lipinski definition) is 3. The lowest BCUT2D eigenvalue weighted by Gasteiger charge is -2.20. The van der Waals surface area contributed by atoms with Crippen LogP contribution in [0.1, 0.15) is 72.9 Å². The average Bonchev–Trinajstić information content (AvgIpc) is 2.70. The summed E-state index contributed by atoms with van der Waals surface area (Å²) in [6, 6.07) is 11.6. The Morgan fingerprint density at radius 3 is 2.34 bits per heavy atom. The second-order valence-corrected chi connectivity index (χ2v) is 10.7. The lowest BCUT2D eigenvalue weighted by atomic mass is 10.1. The van der Waals surface area contributed by atoms with Crippen molar-refractivity contribution in [1.82, 2.24) is 15.4 Å². The van der Waals surface area contributed by atoms with Crippen molar-refractivity contribution in [3.63, 3.8) is 0 Å². The first-order chi connectivity index (χ1) is 14.8. The molecule has 0 aliphatic rings. The van der Waals surface area contributed by atoms with E-state index in [9.17, 15) is 18.0 Å². The molecule has 0 saturated carbocycles. The number of carbonyl (C=O) groups is 2. The minimum Gasteiger partial charge on any atom is -0.350 e. The summed E-state index contributed by atoms with van der Waals surface area (Å²) in [5.74, 6) is -0.544. The van der Waals surface area contributed by atoms with Crippen LogP contribution < -0.4 is 15.4 Å². The SMILES string of the molecule is CCC(C)NC(=O)c1cccc(CNC(=O)c2cc(S(=O)(=O)NC(C)(C)C)ccc2C)c1. The zero-order valence-electron chi connectivity index (χ0n) is 19.6. The molecule has 0 saturated heterocycles. The Hall–Kier alpha value is -2.71. The quantitative estimate of drug-likeness (QED) is 0.562. The highest BCUT2D eigenvalue weighted by molar-refractivity contribution is 7.89. The van der Waals surface area contributed by atoms with Crippen LogP contribution in [0.15, 0.2) is 47.4 Å². The molecule has 0 spiro atoms. The lowest BCUT2D eigenvalue weighted by Crippen LogP contribution is -2.40. The summed E-state index contributed by atoms with van der Waals surface area (Å²) in [5, 5.41) is 5.73. The van der Waals surface area contributed by atoms with Crippen LogP contribution in [0.5, 0.6) is 0 Å². The molecule has 0 fully saturated rings. The van der Waals surface area contributed by atoms with Gasteiger partial charge in [-0.25, -0.2) is 13.1 Å². The maximum atomic E-state index is 12.8. The van der Waals surface area contributed by atoms with Gasteiger partial charge in [-0.05, 0) is 76.4 Å². The number of benzene rings is 2. The number of nitrogens with one attached hydrogen (secondary N) is 3. The van der Waals surface area contributed by atoms with Crippen LogP contribution in [-0.2, 0) is 16.6 Å². The standard InChI is InChI=1S/C24H33N3O4S/c1-7-17(3)26-22(28)19-10-8-9-18(13-19)15-25-23(29)21-14-20(12-11-16(21)2)32(30,31)27-24(4,5)6/h8-14,17,27H,7,15H2,1-6H3,(H,25,29)(H,26,28). The molecule has 1 unspecified atom stereocenters. The molecule has 2 amide bonds. The Kier molecular flexibility index (Phi) is 8.20. The van der Waals surface area contributed by atoms with Gasteiger partial charge in [0.25, 0.3) is 11.8 Å². The van der Waals surface area contributed by atoms with E-state index >= 15 is 0 Å². The van der Waals surface area contributed by atoms with E-state index in [-0.39, 0.29) is 34.9 Å². The highest BCUT2D eigenvalue weighted by atomic mass is 32.2. The molecule has 0 heterocycles. The van der Waals surface area contributed by atoms with Crippen molar-refractivity contribution < 1.29 is 18.0 Å². The highest BCUT2D eigenvalue weighted by Gasteiger charge is 2.23. The van der Waals surface area contributed by atoms with E-state index in [1.54, 1.807) is 52.0 Å². The molecule has 0 aliphatic heterocycles. The van der Waals surface area contributed by atoms with Gasteiger partial charge in [0.2, 0.25) is 10.0 Å². The number of hydrogen-bond acceptors (Lipinski definition) is 4. The van der Waals surface area contributed by atoms with E-state index in [4.69, 9.17) is 0 Å². The van der Waals surface area contributed by atoms with Crippen LogP contribution >= 0.6 is 0 Å². The minimum atomic E-state index is -3.76. The second-order valence-electron chi connectivity index (χ2n) is 9.00. The fraction of sp³-hybridized carbons (Fsp3) is 0.417. The Morgan fingerprint density at radius 2 is 1.72 bits per heavy atom. The zero-order valence-corrected chi connectivity index (χ0v) is 20.4. The highest BCUT2D eigenvalue weighted by Crippen LogP contribution is 2.18. The normalized spacial score (nSPS) is 12.8. The average molecular weight is 460 g/mol. The number of amides is 2. The molecule has 0 bridgehead atoms. The van der Waals surface area contributed by atoms with Gasteiger partial charge in [-0.2, -0.15) is 0 Å². The van der Waals surface area contributed by atoms with Crippen LogP contribution in [0.3, 0.4) is 0 Å². The first-order valence-electron chi connectivity index (χ1n) is 10.6. The third kappa shape index (κ3) is 7.17. The summed E-state index contributed by atoms with van der Waals surface area (Å²) in [4.78, 5) is 25.2. The number of carbonyl (C=O) groups excluding carboxylic acids is 2. The van der Waals surface area contributed by atoms with E-state index < -0.39 is 15.6 Å². The molecule has 2 aromatic carbocycles. The Labute approximate surface area is 191 Å². The molecule has 0 aromatic heterocycles. The van der Waals surface area contributed by atoms with E-state index in [2.05, 4.69) is 15.4 Å². The van der Waals surface area contributed by atoms with Crippen molar-refractivity contribution in [1.29, 1.82) is 0 Å². The maximum absolute atomic E-state index is 12.8. The number of sulfonamides is 1. The molecule has 0 aliphatic carbocycles. The van der Waals surface area contributed by atoms with Crippen LogP contribution in [0, 0.1) is 6.92 Å². The summed E-state index contributed by atoms with van der Waals surface area (Å²) in [7, 11) is -3.76. The Bertz CT molecular complexity index is 1090. The summed E-state index contributed by atoms with van der Waals surface area (Å²) < 4.78 is 27.9. The Balaban J connectivity index is 2.15. The van der Waals surface area contributed by atoms with Crippen molar-refractivity contribution >= 4 is 21.8 Å². The van der Waals surface area contributed by atoms with Crippen molar-refractivity contribution in [2.45, 2.75) is 71.0 Å². The van der Waals surface area contributed by atoms with Gasteiger partial charge in [0.15, 0.2) is 0 Å². The number of aryl methyl sites for hydroxylation is 1. The lowest BCUT2D eigenvalue weighted by molar-refractivity contribution is 0.0936. The fourth-order valence-electron chi connectivity index (χ4n) is 2.98. The van der Waals surface area contributed by atoms with Crippen LogP contribution in [-0.4, -0.2) is 31.8 Å². The molecule has 1 atom stereocenters. The van der Waals surface area contributed by atoms with E-state index in [0.29, 0.717) is 11.1 Å². The zero-order chi connectivity index (χ0) is 24.1. The summed E-state index contributed by atoms with van der Waals surface area (Å²) in [6.45, 7) is 11.2. The Morgan fingerprint density at radius 1 is 1.03 bits per heavy atom. The molecule has 2 aromatic rings. The van der Waals surface area contributed by atoms with Gasteiger partial charge in [-0.15, -0.1) is 0 Å². The van der Waals surface area contributed by atoms with Gasteiger partial charge in [0.1, 0.15) is 0 Å². The van der Waals surface area contributed by atoms with Crippen LogP contribution in [0.4, 0.5) is 0 Å². The van der Waals surface area contributed by atoms with Crippen molar-refractivity contribution in [3.8, 4) is 0 Å². The largest absolute Gasteiger partial charge is 0.350 e. The molecule has 7 nitrogen and oxygen atoms in total. The first kappa shape index (κ1) is 25.5. The molecule has 2 rings (SSSR count).